The molecule has 1 fully saturated rings. The second-order valence-corrected chi connectivity index (χ2v) is 11.1. The van der Waals surface area contributed by atoms with Gasteiger partial charge in [0.2, 0.25) is 0 Å². The van der Waals surface area contributed by atoms with Crippen LogP contribution in [0, 0.1) is 5.92 Å². The topological polar surface area (TPSA) is 55.8 Å². The van der Waals surface area contributed by atoms with Gasteiger partial charge in [-0.1, -0.05) is 20.8 Å². The molecule has 0 radical (unpaired) electrons. The van der Waals surface area contributed by atoms with Crippen LogP contribution in [0.4, 0.5) is 0 Å². The molecule has 1 heterocycles. The highest BCUT2D eigenvalue weighted by Gasteiger charge is 2.40. The second-order valence-electron chi connectivity index (χ2n) is 6.31. The van der Waals surface area contributed by atoms with Gasteiger partial charge in [-0.3, -0.25) is 4.79 Å². The summed E-state index contributed by atoms with van der Waals surface area (Å²) in [7, 11) is -1.83. The van der Waals surface area contributed by atoms with Crippen molar-refractivity contribution in [2.75, 3.05) is 13.2 Å². The van der Waals surface area contributed by atoms with Gasteiger partial charge in [-0.05, 0) is 24.6 Å². The van der Waals surface area contributed by atoms with Crippen molar-refractivity contribution in [3.05, 3.63) is 0 Å². The SMILES string of the molecule is CC(C)(C)[Si](C)(C)O[C@@H]1COC[C@H](C(=O)O)C1. The van der Waals surface area contributed by atoms with E-state index >= 15 is 0 Å². The van der Waals surface area contributed by atoms with E-state index in [4.69, 9.17) is 14.3 Å². The summed E-state index contributed by atoms with van der Waals surface area (Å²) >= 11 is 0. The Bertz CT molecular complexity index is 283. The Morgan fingerprint density at radius 3 is 2.41 bits per heavy atom. The van der Waals surface area contributed by atoms with E-state index in [1.54, 1.807) is 0 Å². The molecule has 1 aliphatic heterocycles. The van der Waals surface area contributed by atoms with Gasteiger partial charge in [-0.2, -0.15) is 0 Å². The first-order valence-electron chi connectivity index (χ1n) is 6.12. The Hall–Kier alpha value is -0.393. The molecule has 0 bridgehead atoms. The van der Waals surface area contributed by atoms with Crippen molar-refractivity contribution < 1.29 is 19.1 Å². The number of hydrogen-bond acceptors (Lipinski definition) is 3. The summed E-state index contributed by atoms with van der Waals surface area (Å²) in [6, 6.07) is 0. The quantitative estimate of drug-likeness (QED) is 0.792. The number of carbonyl (C=O) groups is 1. The molecule has 0 unspecified atom stereocenters. The molecule has 2 atom stereocenters. The number of carboxylic acid groups (broad SMARTS) is 1. The van der Waals surface area contributed by atoms with Gasteiger partial charge in [0.25, 0.3) is 0 Å². The summed E-state index contributed by atoms with van der Waals surface area (Å²) in [5.41, 5.74) is 0. The zero-order chi connectivity index (χ0) is 13.3. The average Bonchev–Trinajstić information content (AvgIpc) is 2.15. The van der Waals surface area contributed by atoms with E-state index in [0.29, 0.717) is 19.6 Å². The van der Waals surface area contributed by atoms with Gasteiger partial charge < -0.3 is 14.3 Å². The van der Waals surface area contributed by atoms with Crippen LogP contribution in [0.5, 0.6) is 0 Å². The van der Waals surface area contributed by atoms with Crippen LogP contribution in [0.1, 0.15) is 27.2 Å². The van der Waals surface area contributed by atoms with Crippen LogP contribution >= 0.6 is 0 Å². The molecule has 1 saturated heterocycles. The number of aliphatic carboxylic acids is 1. The van der Waals surface area contributed by atoms with E-state index in [9.17, 15) is 4.79 Å². The zero-order valence-electron chi connectivity index (χ0n) is 11.4. The third kappa shape index (κ3) is 3.79. The van der Waals surface area contributed by atoms with Gasteiger partial charge >= 0.3 is 5.97 Å². The minimum atomic E-state index is -1.83. The van der Waals surface area contributed by atoms with Crippen LogP contribution in [0.25, 0.3) is 0 Å². The predicted octanol–water partition coefficient (Wildman–Crippen LogP) is 2.50. The largest absolute Gasteiger partial charge is 0.481 e. The van der Waals surface area contributed by atoms with Crippen LogP contribution in [0.15, 0.2) is 0 Å². The Kier molecular flexibility index (Phi) is 4.38. The highest BCUT2D eigenvalue weighted by Crippen LogP contribution is 2.38. The monoisotopic (exact) mass is 260 g/mol. The van der Waals surface area contributed by atoms with Gasteiger partial charge in [0.05, 0.1) is 25.2 Å². The molecular formula is C12H24O4Si. The average molecular weight is 260 g/mol. The summed E-state index contributed by atoms with van der Waals surface area (Å²) in [5.74, 6) is -1.20. The van der Waals surface area contributed by atoms with Crippen LogP contribution < -0.4 is 0 Å². The fraction of sp³-hybridized carbons (Fsp3) is 0.917. The summed E-state index contributed by atoms with van der Waals surface area (Å²) in [6.07, 6.45) is 0.507. The predicted molar refractivity (Wildman–Crippen MR) is 68.6 cm³/mol. The van der Waals surface area contributed by atoms with Crippen molar-refractivity contribution in [1.29, 1.82) is 0 Å². The molecule has 0 aromatic rings. The van der Waals surface area contributed by atoms with Crippen LogP contribution in [-0.2, 0) is 14.0 Å². The minimum Gasteiger partial charge on any atom is -0.481 e. The summed E-state index contributed by atoms with van der Waals surface area (Å²) < 4.78 is 11.5. The number of carboxylic acids is 1. The summed E-state index contributed by atoms with van der Waals surface area (Å²) in [4.78, 5) is 10.9. The van der Waals surface area contributed by atoms with Gasteiger partial charge in [0.1, 0.15) is 0 Å². The second kappa shape index (κ2) is 5.08. The molecule has 0 aliphatic carbocycles. The summed E-state index contributed by atoms with van der Waals surface area (Å²) in [5, 5.41) is 9.13. The molecule has 0 spiro atoms. The molecule has 0 amide bonds. The third-order valence-corrected chi connectivity index (χ3v) is 8.32. The normalized spacial score (nSPS) is 26.9. The molecule has 0 aromatic heterocycles. The van der Waals surface area contributed by atoms with E-state index in [0.717, 1.165) is 0 Å². The number of ether oxygens (including phenoxy) is 1. The van der Waals surface area contributed by atoms with Crippen LogP contribution in [-0.4, -0.2) is 38.7 Å². The van der Waals surface area contributed by atoms with Crippen molar-refractivity contribution >= 4 is 14.3 Å². The van der Waals surface area contributed by atoms with Crippen molar-refractivity contribution in [2.45, 2.75) is 51.4 Å². The Morgan fingerprint density at radius 1 is 1.35 bits per heavy atom. The van der Waals surface area contributed by atoms with Gasteiger partial charge in [-0.15, -0.1) is 0 Å². The molecule has 4 nitrogen and oxygen atoms in total. The Balaban J connectivity index is 2.60. The molecule has 17 heavy (non-hydrogen) atoms. The van der Waals surface area contributed by atoms with Gasteiger partial charge in [0.15, 0.2) is 8.32 Å². The lowest BCUT2D eigenvalue weighted by Crippen LogP contribution is -2.47. The van der Waals surface area contributed by atoms with E-state index in [1.165, 1.54) is 0 Å². The fourth-order valence-electron chi connectivity index (χ4n) is 1.64. The smallest absolute Gasteiger partial charge is 0.308 e. The first-order valence-corrected chi connectivity index (χ1v) is 9.02. The first kappa shape index (κ1) is 14.7. The standard InChI is InChI=1S/C12H24O4Si/c1-12(2,3)17(4,5)16-10-6-9(11(13)14)7-15-8-10/h9-10H,6-8H2,1-5H3,(H,13,14)/t9-,10+/m1/s1. The highest BCUT2D eigenvalue weighted by molar-refractivity contribution is 6.74. The highest BCUT2D eigenvalue weighted by atomic mass is 28.4. The Morgan fingerprint density at radius 2 is 1.94 bits per heavy atom. The molecular weight excluding hydrogens is 236 g/mol. The summed E-state index contributed by atoms with van der Waals surface area (Å²) in [6.45, 7) is 11.7. The molecule has 1 aliphatic rings. The Labute approximate surface area is 104 Å². The van der Waals surface area contributed by atoms with Crippen molar-refractivity contribution in [3.8, 4) is 0 Å². The lowest BCUT2D eigenvalue weighted by atomic mass is 10.0. The van der Waals surface area contributed by atoms with E-state index in [-0.39, 0.29) is 11.1 Å². The van der Waals surface area contributed by atoms with E-state index in [1.807, 2.05) is 0 Å². The van der Waals surface area contributed by atoms with Crippen molar-refractivity contribution in [1.82, 2.24) is 0 Å². The zero-order valence-corrected chi connectivity index (χ0v) is 12.4. The van der Waals surface area contributed by atoms with Crippen LogP contribution in [0.3, 0.4) is 0 Å². The fourth-order valence-corrected chi connectivity index (χ4v) is 2.99. The maximum atomic E-state index is 10.9. The van der Waals surface area contributed by atoms with E-state index in [2.05, 4.69) is 33.9 Å². The molecule has 5 heteroatoms. The lowest BCUT2D eigenvalue weighted by molar-refractivity contribution is -0.149. The van der Waals surface area contributed by atoms with Gasteiger partial charge in [-0.25, -0.2) is 0 Å². The molecule has 1 rings (SSSR count). The maximum Gasteiger partial charge on any atom is 0.308 e. The van der Waals surface area contributed by atoms with E-state index < -0.39 is 20.2 Å². The lowest BCUT2D eigenvalue weighted by Gasteiger charge is -2.41. The van der Waals surface area contributed by atoms with Crippen LogP contribution in [0.2, 0.25) is 18.1 Å². The molecule has 1 N–H and O–H groups in total. The van der Waals surface area contributed by atoms with Gasteiger partial charge in [0, 0.05) is 0 Å². The molecule has 0 saturated carbocycles. The molecule has 0 aromatic carbocycles. The first-order chi connectivity index (χ1) is 7.63. The van der Waals surface area contributed by atoms with Crippen molar-refractivity contribution in [3.63, 3.8) is 0 Å². The third-order valence-electron chi connectivity index (χ3n) is 3.79. The number of hydrogen-bond donors (Lipinski definition) is 1. The van der Waals surface area contributed by atoms with Crippen molar-refractivity contribution in [2.24, 2.45) is 5.92 Å². The number of rotatable bonds is 3. The minimum absolute atomic E-state index is 0.0641. The molecule has 100 valence electrons. The maximum absolute atomic E-state index is 10.9.